The summed E-state index contributed by atoms with van der Waals surface area (Å²) in [4.78, 5) is 22.4. The average Bonchev–Trinajstić information content (AvgIpc) is 2.35. The van der Waals surface area contributed by atoms with Crippen LogP contribution in [0, 0.1) is 0 Å². The lowest BCUT2D eigenvalue weighted by Crippen LogP contribution is -2.16. The molecule has 0 saturated heterocycles. The SMILES string of the molecule is C=C(CC(=O)OCCOCCO)C(=O)OCCO. The smallest absolute Gasteiger partial charge is 0.334 e. The highest BCUT2D eigenvalue weighted by atomic mass is 16.6. The normalized spacial score (nSPS) is 9.89. The van der Waals surface area contributed by atoms with Gasteiger partial charge >= 0.3 is 11.9 Å². The van der Waals surface area contributed by atoms with Gasteiger partial charge in [0.2, 0.25) is 0 Å². The van der Waals surface area contributed by atoms with E-state index in [2.05, 4.69) is 11.3 Å². The second-order valence-electron chi connectivity index (χ2n) is 3.20. The van der Waals surface area contributed by atoms with Gasteiger partial charge in [-0.2, -0.15) is 0 Å². The molecule has 18 heavy (non-hydrogen) atoms. The molecule has 0 aliphatic rings. The van der Waals surface area contributed by atoms with Gasteiger partial charge < -0.3 is 24.4 Å². The van der Waals surface area contributed by atoms with Crippen molar-refractivity contribution in [2.45, 2.75) is 6.42 Å². The number of aliphatic hydroxyl groups is 2. The second-order valence-corrected chi connectivity index (χ2v) is 3.20. The van der Waals surface area contributed by atoms with Crippen LogP contribution in [0.5, 0.6) is 0 Å². The van der Waals surface area contributed by atoms with Crippen molar-refractivity contribution in [2.24, 2.45) is 0 Å². The number of hydrogen-bond acceptors (Lipinski definition) is 7. The van der Waals surface area contributed by atoms with Crippen LogP contribution < -0.4 is 0 Å². The summed E-state index contributed by atoms with van der Waals surface area (Å²) < 4.78 is 14.2. The maximum atomic E-state index is 11.2. The number of esters is 2. The van der Waals surface area contributed by atoms with Crippen LogP contribution in [0.4, 0.5) is 0 Å². The fourth-order valence-electron chi connectivity index (χ4n) is 0.919. The molecular formula is C11H18O7. The van der Waals surface area contributed by atoms with Crippen molar-refractivity contribution in [3.8, 4) is 0 Å². The van der Waals surface area contributed by atoms with Gasteiger partial charge in [-0.1, -0.05) is 6.58 Å². The Morgan fingerprint density at radius 1 is 0.944 bits per heavy atom. The van der Waals surface area contributed by atoms with Gasteiger partial charge in [-0.05, 0) is 0 Å². The Labute approximate surface area is 105 Å². The van der Waals surface area contributed by atoms with Crippen LogP contribution in [0.25, 0.3) is 0 Å². The first-order chi connectivity index (χ1) is 8.61. The lowest BCUT2D eigenvalue weighted by atomic mass is 10.2. The van der Waals surface area contributed by atoms with E-state index in [1.54, 1.807) is 0 Å². The van der Waals surface area contributed by atoms with Crippen LogP contribution in [-0.4, -0.2) is 61.8 Å². The van der Waals surface area contributed by atoms with Crippen molar-refractivity contribution in [1.82, 2.24) is 0 Å². The van der Waals surface area contributed by atoms with E-state index in [4.69, 9.17) is 19.7 Å². The highest BCUT2D eigenvalue weighted by Gasteiger charge is 2.13. The Balaban J connectivity index is 3.67. The number of carbonyl (C=O) groups is 2. The minimum absolute atomic E-state index is 0.0373. The van der Waals surface area contributed by atoms with Crippen LogP contribution in [0.1, 0.15) is 6.42 Å². The molecule has 0 saturated carbocycles. The van der Waals surface area contributed by atoms with Gasteiger partial charge in [-0.3, -0.25) is 4.79 Å². The van der Waals surface area contributed by atoms with Gasteiger partial charge in [0, 0.05) is 5.57 Å². The summed E-state index contributed by atoms with van der Waals surface area (Å²) in [5, 5.41) is 16.8. The Hall–Kier alpha value is -1.44. The third-order valence-electron chi connectivity index (χ3n) is 1.70. The summed E-state index contributed by atoms with van der Waals surface area (Å²) >= 11 is 0. The van der Waals surface area contributed by atoms with Crippen molar-refractivity contribution in [1.29, 1.82) is 0 Å². The molecule has 0 aliphatic heterocycles. The number of hydrogen-bond donors (Lipinski definition) is 2. The molecule has 0 radical (unpaired) electrons. The van der Waals surface area contributed by atoms with E-state index in [0.717, 1.165) is 0 Å². The Kier molecular flexibility index (Phi) is 9.84. The van der Waals surface area contributed by atoms with Gasteiger partial charge in [-0.25, -0.2) is 4.79 Å². The van der Waals surface area contributed by atoms with Crippen LogP contribution in [-0.2, 0) is 23.8 Å². The van der Waals surface area contributed by atoms with E-state index in [1.165, 1.54) is 0 Å². The molecular weight excluding hydrogens is 244 g/mol. The zero-order valence-corrected chi connectivity index (χ0v) is 10.1. The van der Waals surface area contributed by atoms with Crippen LogP contribution in [0.15, 0.2) is 12.2 Å². The molecule has 2 N–H and O–H groups in total. The molecule has 0 aromatic heterocycles. The summed E-state index contributed by atoms with van der Waals surface area (Å²) in [6.07, 6.45) is -0.274. The third-order valence-corrected chi connectivity index (χ3v) is 1.70. The van der Waals surface area contributed by atoms with Crippen molar-refractivity contribution < 1.29 is 34.0 Å². The zero-order valence-electron chi connectivity index (χ0n) is 10.1. The van der Waals surface area contributed by atoms with Crippen molar-refractivity contribution in [2.75, 3.05) is 39.6 Å². The first kappa shape index (κ1) is 16.6. The Morgan fingerprint density at radius 3 is 2.22 bits per heavy atom. The van der Waals surface area contributed by atoms with E-state index < -0.39 is 11.9 Å². The molecule has 0 aromatic carbocycles. The average molecular weight is 262 g/mol. The molecule has 0 unspecified atom stereocenters. The maximum absolute atomic E-state index is 11.2. The molecule has 0 heterocycles. The topological polar surface area (TPSA) is 102 Å². The first-order valence-electron chi connectivity index (χ1n) is 5.41. The van der Waals surface area contributed by atoms with E-state index in [1.807, 2.05) is 0 Å². The number of carbonyl (C=O) groups excluding carboxylic acids is 2. The molecule has 0 fully saturated rings. The predicted molar refractivity (Wildman–Crippen MR) is 60.7 cm³/mol. The number of aliphatic hydroxyl groups excluding tert-OH is 2. The van der Waals surface area contributed by atoms with Gasteiger partial charge in [0.05, 0.1) is 32.8 Å². The van der Waals surface area contributed by atoms with E-state index in [-0.39, 0.29) is 51.6 Å². The standard InChI is InChI=1S/C11H18O7/c1-9(11(15)18-5-3-13)8-10(14)17-7-6-16-4-2-12/h12-13H,1-8H2. The molecule has 0 rings (SSSR count). The maximum Gasteiger partial charge on any atom is 0.334 e. The van der Waals surface area contributed by atoms with E-state index >= 15 is 0 Å². The second kappa shape index (κ2) is 10.7. The summed E-state index contributed by atoms with van der Waals surface area (Å²) in [5.74, 6) is -1.36. The fourth-order valence-corrected chi connectivity index (χ4v) is 0.919. The summed E-state index contributed by atoms with van der Waals surface area (Å²) in [5.41, 5.74) is -0.0373. The lowest BCUT2D eigenvalue weighted by Gasteiger charge is -2.07. The molecule has 0 spiro atoms. The Bertz CT molecular complexity index is 275. The summed E-state index contributed by atoms with van der Waals surface area (Å²) in [7, 11) is 0. The minimum atomic E-state index is -0.738. The molecule has 7 nitrogen and oxygen atoms in total. The van der Waals surface area contributed by atoms with Crippen LogP contribution in [0.2, 0.25) is 0 Å². The molecule has 104 valence electrons. The van der Waals surface area contributed by atoms with Gasteiger partial charge in [0.25, 0.3) is 0 Å². The van der Waals surface area contributed by atoms with Gasteiger partial charge in [-0.15, -0.1) is 0 Å². The van der Waals surface area contributed by atoms with E-state index in [0.29, 0.717) is 0 Å². The Morgan fingerprint density at radius 2 is 1.61 bits per heavy atom. The lowest BCUT2D eigenvalue weighted by molar-refractivity contribution is -0.147. The highest BCUT2D eigenvalue weighted by Crippen LogP contribution is 2.02. The largest absolute Gasteiger partial charge is 0.463 e. The van der Waals surface area contributed by atoms with E-state index in [9.17, 15) is 9.59 Å². The van der Waals surface area contributed by atoms with Crippen molar-refractivity contribution in [3.05, 3.63) is 12.2 Å². The van der Waals surface area contributed by atoms with Gasteiger partial charge in [0.1, 0.15) is 13.2 Å². The summed E-state index contributed by atoms with van der Waals surface area (Å²) in [6, 6.07) is 0. The third kappa shape index (κ3) is 8.68. The quantitative estimate of drug-likeness (QED) is 0.296. The summed E-state index contributed by atoms with van der Waals surface area (Å²) in [6.45, 7) is 3.26. The van der Waals surface area contributed by atoms with Crippen LogP contribution in [0.3, 0.4) is 0 Å². The zero-order chi connectivity index (χ0) is 13.8. The minimum Gasteiger partial charge on any atom is -0.463 e. The molecule has 0 atom stereocenters. The van der Waals surface area contributed by atoms with Crippen molar-refractivity contribution >= 4 is 11.9 Å². The first-order valence-corrected chi connectivity index (χ1v) is 5.41. The molecule has 0 aromatic rings. The molecule has 0 bridgehead atoms. The monoisotopic (exact) mass is 262 g/mol. The fraction of sp³-hybridized carbons (Fsp3) is 0.636. The van der Waals surface area contributed by atoms with Gasteiger partial charge in [0.15, 0.2) is 0 Å². The number of ether oxygens (including phenoxy) is 3. The molecule has 0 amide bonds. The highest BCUT2D eigenvalue weighted by molar-refractivity contribution is 5.93. The molecule has 0 aliphatic carbocycles. The number of rotatable bonds is 10. The van der Waals surface area contributed by atoms with Crippen LogP contribution >= 0.6 is 0 Å². The molecule has 7 heteroatoms. The van der Waals surface area contributed by atoms with Crippen molar-refractivity contribution in [3.63, 3.8) is 0 Å². The predicted octanol–water partition coefficient (Wildman–Crippen LogP) is -0.980.